The van der Waals surface area contributed by atoms with Crippen LogP contribution in [0, 0.1) is 0 Å². The summed E-state index contributed by atoms with van der Waals surface area (Å²) in [6, 6.07) is 3.31. The van der Waals surface area contributed by atoms with E-state index in [4.69, 9.17) is 5.73 Å². The van der Waals surface area contributed by atoms with Crippen molar-refractivity contribution in [3.8, 4) is 0 Å². The second-order valence-corrected chi connectivity index (χ2v) is 7.00. The van der Waals surface area contributed by atoms with Crippen LogP contribution in [0.25, 0.3) is 0 Å². The standard InChI is InChI=1S/C12H17N3O3S/c13-6-9-3-4-11(14-7-9)12(16)15-8-10-2-1-5-19(10,17)18/h3-4,7,10H,1-2,5-6,8,13H2,(H,15,16). The molecule has 1 aromatic heterocycles. The maximum atomic E-state index is 11.8. The van der Waals surface area contributed by atoms with E-state index in [1.807, 2.05) is 0 Å². The minimum absolute atomic E-state index is 0.154. The summed E-state index contributed by atoms with van der Waals surface area (Å²) in [4.78, 5) is 15.8. The lowest BCUT2D eigenvalue weighted by molar-refractivity contribution is 0.0948. The summed E-state index contributed by atoms with van der Waals surface area (Å²) in [5.74, 6) is -0.137. The van der Waals surface area contributed by atoms with Crippen molar-refractivity contribution in [2.45, 2.75) is 24.6 Å². The van der Waals surface area contributed by atoms with Crippen molar-refractivity contribution >= 4 is 15.7 Å². The van der Waals surface area contributed by atoms with Crippen molar-refractivity contribution < 1.29 is 13.2 Å². The van der Waals surface area contributed by atoms with Crippen molar-refractivity contribution in [3.05, 3.63) is 29.6 Å². The Morgan fingerprint density at radius 2 is 2.26 bits per heavy atom. The van der Waals surface area contributed by atoms with Gasteiger partial charge in [0.1, 0.15) is 5.69 Å². The molecule has 6 nitrogen and oxygen atoms in total. The molecule has 2 rings (SSSR count). The lowest BCUT2D eigenvalue weighted by Gasteiger charge is -2.10. The summed E-state index contributed by atoms with van der Waals surface area (Å²) >= 11 is 0. The number of sulfone groups is 1. The van der Waals surface area contributed by atoms with Gasteiger partial charge in [0.25, 0.3) is 5.91 Å². The van der Waals surface area contributed by atoms with Gasteiger partial charge < -0.3 is 11.1 Å². The topological polar surface area (TPSA) is 102 Å². The monoisotopic (exact) mass is 283 g/mol. The molecule has 0 saturated carbocycles. The normalized spacial score (nSPS) is 21.2. The summed E-state index contributed by atoms with van der Waals surface area (Å²) in [6.45, 7) is 0.525. The average Bonchev–Trinajstić information content (AvgIpc) is 2.75. The molecule has 0 spiro atoms. The third kappa shape index (κ3) is 3.30. The molecule has 0 radical (unpaired) electrons. The highest BCUT2D eigenvalue weighted by atomic mass is 32.2. The molecule has 1 atom stereocenters. The van der Waals surface area contributed by atoms with Crippen molar-refractivity contribution in [1.82, 2.24) is 10.3 Å². The Morgan fingerprint density at radius 3 is 2.79 bits per heavy atom. The third-order valence-electron chi connectivity index (χ3n) is 3.25. The number of nitrogens with zero attached hydrogens (tertiary/aromatic N) is 1. The zero-order valence-corrected chi connectivity index (χ0v) is 11.3. The Balaban J connectivity index is 1.94. The van der Waals surface area contributed by atoms with Crippen LogP contribution in [0.1, 0.15) is 28.9 Å². The van der Waals surface area contributed by atoms with Crippen LogP contribution in [-0.2, 0) is 16.4 Å². The summed E-state index contributed by atoms with van der Waals surface area (Å²) in [5, 5.41) is 2.16. The summed E-state index contributed by atoms with van der Waals surface area (Å²) in [5.41, 5.74) is 6.55. The number of amides is 1. The van der Waals surface area contributed by atoms with Crippen LogP contribution in [0.4, 0.5) is 0 Å². The van der Waals surface area contributed by atoms with Gasteiger partial charge in [-0.25, -0.2) is 8.42 Å². The Hall–Kier alpha value is -1.47. The number of nitrogens with one attached hydrogen (secondary N) is 1. The highest BCUT2D eigenvalue weighted by Gasteiger charge is 2.31. The van der Waals surface area contributed by atoms with E-state index in [2.05, 4.69) is 10.3 Å². The highest BCUT2D eigenvalue weighted by molar-refractivity contribution is 7.92. The van der Waals surface area contributed by atoms with Crippen LogP contribution in [0.3, 0.4) is 0 Å². The number of aromatic nitrogens is 1. The molecule has 1 fully saturated rings. The summed E-state index contributed by atoms with van der Waals surface area (Å²) in [7, 11) is -3.03. The van der Waals surface area contributed by atoms with Crippen molar-refractivity contribution in [1.29, 1.82) is 0 Å². The first-order chi connectivity index (χ1) is 9.03. The van der Waals surface area contributed by atoms with Gasteiger partial charge in [-0.2, -0.15) is 0 Å². The van der Waals surface area contributed by atoms with E-state index < -0.39 is 15.1 Å². The smallest absolute Gasteiger partial charge is 0.269 e. The van der Waals surface area contributed by atoms with E-state index in [1.54, 1.807) is 18.3 Å². The fourth-order valence-electron chi connectivity index (χ4n) is 2.06. The molecule has 1 aliphatic heterocycles. The quantitative estimate of drug-likeness (QED) is 0.800. The van der Waals surface area contributed by atoms with E-state index in [0.29, 0.717) is 19.4 Å². The molecule has 0 bridgehead atoms. The summed E-state index contributed by atoms with van der Waals surface area (Å²) < 4.78 is 23.2. The molecule has 1 aliphatic rings. The molecule has 19 heavy (non-hydrogen) atoms. The molecular weight excluding hydrogens is 266 g/mol. The zero-order chi connectivity index (χ0) is 13.9. The van der Waals surface area contributed by atoms with Crippen LogP contribution >= 0.6 is 0 Å². The fraction of sp³-hybridized carbons (Fsp3) is 0.500. The SMILES string of the molecule is NCc1ccc(C(=O)NCC2CCCS2(=O)=O)nc1. The molecular formula is C12H17N3O3S. The molecule has 7 heteroatoms. The van der Waals surface area contributed by atoms with Gasteiger partial charge in [0.2, 0.25) is 0 Å². The van der Waals surface area contributed by atoms with Gasteiger partial charge in [-0.05, 0) is 24.5 Å². The first-order valence-electron chi connectivity index (χ1n) is 6.17. The average molecular weight is 283 g/mol. The molecule has 1 unspecified atom stereocenters. The van der Waals surface area contributed by atoms with Crippen molar-refractivity contribution in [2.24, 2.45) is 5.73 Å². The lowest BCUT2D eigenvalue weighted by atomic mass is 10.2. The third-order valence-corrected chi connectivity index (χ3v) is 5.52. The van der Waals surface area contributed by atoms with Crippen LogP contribution in [0.15, 0.2) is 18.3 Å². The molecule has 1 amide bonds. The van der Waals surface area contributed by atoms with E-state index in [1.165, 1.54) is 0 Å². The van der Waals surface area contributed by atoms with Crippen molar-refractivity contribution in [3.63, 3.8) is 0 Å². The first-order valence-corrected chi connectivity index (χ1v) is 7.89. The second kappa shape index (κ2) is 5.66. The van der Waals surface area contributed by atoms with Crippen LogP contribution < -0.4 is 11.1 Å². The van der Waals surface area contributed by atoms with Crippen LogP contribution in [0.5, 0.6) is 0 Å². The number of hydrogen-bond acceptors (Lipinski definition) is 5. The number of pyridine rings is 1. The Bertz CT molecular complexity index is 554. The Morgan fingerprint density at radius 1 is 1.47 bits per heavy atom. The van der Waals surface area contributed by atoms with E-state index in [-0.39, 0.29) is 23.9 Å². The van der Waals surface area contributed by atoms with Gasteiger partial charge in [0.05, 0.1) is 11.0 Å². The Kier molecular flexibility index (Phi) is 4.16. The van der Waals surface area contributed by atoms with E-state index in [9.17, 15) is 13.2 Å². The predicted octanol–water partition coefficient (Wildman–Crippen LogP) is -0.153. The number of rotatable bonds is 4. The molecule has 1 saturated heterocycles. The fourth-order valence-corrected chi connectivity index (χ4v) is 3.83. The molecule has 2 heterocycles. The number of hydrogen-bond donors (Lipinski definition) is 2. The summed E-state index contributed by atoms with van der Waals surface area (Å²) in [6.07, 6.45) is 2.83. The number of nitrogens with two attached hydrogens (primary N) is 1. The molecule has 104 valence electrons. The van der Waals surface area contributed by atoms with E-state index >= 15 is 0 Å². The molecule has 0 aromatic carbocycles. The van der Waals surface area contributed by atoms with Crippen LogP contribution in [0.2, 0.25) is 0 Å². The number of carbonyl (C=O) groups is 1. The molecule has 1 aromatic rings. The lowest BCUT2D eigenvalue weighted by Crippen LogP contribution is -2.34. The minimum Gasteiger partial charge on any atom is -0.349 e. The van der Waals surface area contributed by atoms with Gasteiger partial charge >= 0.3 is 0 Å². The van der Waals surface area contributed by atoms with Gasteiger partial charge in [-0.1, -0.05) is 6.07 Å². The van der Waals surface area contributed by atoms with Gasteiger partial charge in [-0.15, -0.1) is 0 Å². The zero-order valence-electron chi connectivity index (χ0n) is 10.5. The van der Waals surface area contributed by atoms with Gasteiger partial charge in [0, 0.05) is 19.3 Å². The predicted molar refractivity (Wildman–Crippen MR) is 71.3 cm³/mol. The van der Waals surface area contributed by atoms with Crippen LogP contribution in [-0.4, -0.2) is 36.9 Å². The maximum absolute atomic E-state index is 11.8. The largest absolute Gasteiger partial charge is 0.349 e. The highest BCUT2D eigenvalue weighted by Crippen LogP contribution is 2.19. The minimum atomic E-state index is -3.03. The molecule has 3 N–H and O–H groups in total. The number of carbonyl (C=O) groups excluding carboxylic acids is 1. The first kappa shape index (κ1) is 14.0. The van der Waals surface area contributed by atoms with E-state index in [0.717, 1.165) is 5.56 Å². The van der Waals surface area contributed by atoms with Crippen molar-refractivity contribution in [2.75, 3.05) is 12.3 Å². The van der Waals surface area contributed by atoms with Gasteiger partial charge in [0.15, 0.2) is 9.84 Å². The van der Waals surface area contributed by atoms with Gasteiger partial charge in [-0.3, -0.25) is 9.78 Å². The Labute approximate surface area is 112 Å². The maximum Gasteiger partial charge on any atom is 0.269 e. The molecule has 0 aliphatic carbocycles. The second-order valence-electron chi connectivity index (χ2n) is 4.60.